The van der Waals surface area contributed by atoms with Crippen molar-refractivity contribution in [2.24, 2.45) is 11.3 Å². The number of para-hydroxylation sites is 1. The van der Waals surface area contributed by atoms with Gasteiger partial charge in [-0.1, -0.05) is 38.6 Å². The zero-order chi connectivity index (χ0) is 22.2. The molecule has 2 aliphatic carbocycles. The van der Waals surface area contributed by atoms with Crippen LogP contribution in [0.1, 0.15) is 70.8 Å². The highest BCUT2D eigenvalue weighted by atomic mass is 16.5. The van der Waals surface area contributed by atoms with E-state index >= 15 is 0 Å². The van der Waals surface area contributed by atoms with E-state index < -0.39 is 11.8 Å². The molecule has 0 aromatic heterocycles. The number of allylic oxidation sites excluding steroid dienone is 2. The molecule has 31 heavy (non-hydrogen) atoms. The van der Waals surface area contributed by atoms with E-state index in [9.17, 15) is 9.59 Å². The SMILES string of the molecule is C=C1NC2=C(C(=O)CC(C)(C)C2)C(c2ccccc2OCC)C1C(=O)OC1CCCC1. The van der Waals surface area contributed by atoms with Crippen LogP contribution in [0, 0.1) is 11.3 Å². The molecule has 1 aromatic rings. The zero-order valence-corrected chi connectivity index (χ0v) is 18.8. The molecule has 1 fully saturated rings. The number of ether oxygens (including phenoxy) is 2. The number of carbonyl (C=O) groups is 2. The predicted molar refractivity (Wildman–Crippen MR) is 120 cm³/mol. The van der Waals surface area contributed by atoms with Gasteiger partial charge in [-0.05, 0) is 50.5 Å². The third-order valence-corrected chi connectivity index (χ3v) is 6.64. The number of benzene rings is 1. The van der Waals surface area contributed by atoms with Crippen LogP contribution < -0.4 is 10.1 Å². The van der Waals surface area contributed by atoms with Gasteiger partial charge in [0.15, 0.2) is 5.78 Å². The molecule has 3 aliphatic rings. The molecule has 0 saturated heterocycles. The molecule has 5 nitrogen and oxygen atoms in total. The second-order valence-corrected chi connectivity index (χ2v) is 9.75. The maximum absolute atomic E-state index is 13.4. The fourth-order valence-electron chi connectivity index (χ4n) is 5.33. The molecule has 166 valence electrons. The van der Waals surface area contributed by atoms with Crippen molar-refractivity contribution >= 4 is 11.8 Å². The largest absolute Gasteiger partial charge is 0.494 e. The summed E-state index contributed by atoms with van der Waals surface area (Å²) in [5.41, 5.74) is 2.88. The molecular weight excluding hydrogens is 390 g/mol. The lowest BCUT2D eigenvalue weighted by Crippen LogP contribution is -2.44. The first kappa shape index (κ1) is 21.7. The summed E-state index contributed by atoms with van der Waals surface area (Å²) in [5, 5.41) is 3.33. The van der Waals surface area contributed by atoms with Gasteiger partial charge in [0.25, 0.3) is 0 Å². The monoisotopic (exact) mass is 423 g/mol. The highest BCUT2D eigenvalue weighted by Crippen LogP contribution is 2.50. The molecule has 1 saturated carbocycles. The maximum Gasteiger partial charge on any atom is 0.316 e. The third kappa shape index (κ3) is 4.28. The number of hydrogen-bond acceptors (Lipinski definition) is 5. The summed E-state index contributed by atoms with van der Waals surface area (Å²) < 4.78 is 11.8. The number of hydrogen-bond donors (Lipinski definition) is 1. The third-order valence-electron chi connectivity index (χ3n) is 6.64. The van der Waals surface area contributed by atoms with Crippen LogP contribution in [-0.4, -0.2) is 24.5 Å². The van der Waals surface area contributed by atoms with E-state index in [-0.39, 0.29) is 23.3 Å². The maximum atomic E-state index is 13.4. The van der Waals surface area contributed by atoms with Crippen LogP contribution in [0.4, 0.5) is 0 Å². The quantitative estimate of drug-likeness (QED) is 0.673. The van der Waals surface area contributed by atoms with Crippen molar-refractivity contribution in [2.75, 3.05) is 6.61 Å². The smallest absolute Gasteiger partial charge is 0.316 e. The molecule has 2 atom stereocenters. The Morgan fingerprint density at radius 3 is 2.61 bits per heavy atom. The van der Waals surface area contributed by atoms with Gasteiger partial charge in [0, 0.05) is 34.9 Å². The highest BCUT2D eigenvalue weighted by Gasteiger charge is 2.47. The van der Waals surface area contributed by atoms with E-state index in [2.05, 4.69) is 25.7 Å². The molecular formula is C26H33NO4. The van der Waals surface area contributed by atoms with Crippen molar-refractivity contribution in [1.29, 1.82) is 0 Å². The van der Waals surface area contributed by atoms with Crippen molar-refractivity contribution in [3.05, 3.63) is 53.4 Å². The fourth-order valence-corrected chi connectivity index (χ4v) is 5.33. The van der Waals surface area contributed by atoms with Gasteiger partial charge >= 0.3 is 5.97 Å². The molecule has 0 spiro atoms. The van der Waals surface area contributed by atoms with Gasteiger partial charge in [-0.3, -0.25) is 9.59 Å². The number of rotatable bonds is 5. The minimum Gasteiger partial charge on any atom is -0.494 e. The lowest BCUT2D eigenvalue weighted by Gasteiger charge is -2.42. The molecule has 0 amide bonds. The molecule has 1 aromatic carbocycles. The van der Waals surface area contributed by atoms with Crippen LogP contribution in [0.25, 0.3) is 0 Å². The predicted octanol–water partition coefficient (Wildman–Crippen LogP) is 5.03. The van der Waals surface area contributed by atoms with E-state index in [1.54, 1.807) is 0 Å². The average Bonchev–Trinajstić information content (AvgIpc) is 3.19. The van der Waals surface area contributed by atoms with Crippen molar-refractivity contribution in [1.82, 2.24) is 5.32 Å². The summed E-state index contributed by atoms with van der Waals surface area (Å²) in [5.74, 6) is -0.630. The first-order chi connectivity index (χ1) is 14.8. The van der Waals surface area contributed by atoms with Gasteiger partial charge in [-0.2, -0.15) is 0 Å². The summed E-state index contributed by atoms with van der Waals surface area (Å²) in [6.07, 6.45) is 5.13. The Kier molecular flexibility index (Phi) is 5.96. The number of nitrogens with one attached hydrogen (secondary N) is 1. The van der Waals surface area contributed by atoms with E-state index in [4.69, 9.17) is 9.47 Å². The van der Waals surface area contributed by atoms with Crippen LogP contribution in [0.5, 0.6) is 5.75 Å². The van der Waals surface area contributed by atoms with Crippen molar-refractivity contribution in [3.63, 3.8) is 0 Å². The lowest BCUT2D eigenvalue weighted by atomic mass is 9.66. The Balaban J connectivity index is 1.81. The normalized spacial score (nSPS) is 25.8. The zero-order valence-electron chi connectivity index (χ0n) is 18.8. The van der Waals surface area contributed by atoms with Gasteiger partial charge in [0.1, 0.15) is 17.8 Å². The molecule has 0 radical (unpaired) electrons. The first-order valence-electron chi connectivity index (χ1n) is 11.4. The van der Waals surface area contributed by atoms with Crippen LogP contribution in [-0.2, 0) is 14.3 Å². The second kappa shape index (κ2) is 8.52. The standard InChI is InChI=1S/C26H33NO4/c1-5-30-21-13-9-8-12-18(21)23-22(25(29)31-17-10-6-7-11-17)16(2)27-19-14-26(3,4)15-20(28)24(19)23/h8-9,12-13,17,22-23,27H,2,5-7,10-11,14-15H2,1,3-4H3. The summed E-state index contributed by atoms with van der Waals surface area (Å²) in [6.45, 7) is 10.8. The number of ketones is 1. The average molecular weight is 424 g/mol. The Hall–Kier alpha value is -2.56. The van der Waals surface area contributed by atoms with E-state index in [1.165, 1.54) is 0 Å². The first-order valence-corrected chi connectivity index (χ1v) is 11.4. The fraction of sp³-hybridized carbons (Fsp3) is 0.538. The number of Topliss-reactive ketones (excluding diaryl/α,β-unsaturated/α-hetero) is 1. The van der Waals surface area contributed by atoms with Gasteiger partial charge in [0.2, 0.25) is 0 Å². The van der Waals surface area contributed by atoms with Gasteiger partial charge in [0.05, 0.1) is 6.61 Å². The minimum atomic E-state index is -0.661. The molecule has 2 unspecified atom stereocenters. The van der Waals surface area contributed by atoms with Crippen molar-refractivity contribution < 1.29 is 19.1 Å². The minimum absolute atomic E-state index is 0.0422. The van der Waals surface area contributed by atoms with E-state index in [0.29, 0.717) is 30.0 Å². The van der Waals surface area contributed by atoms with Gasteiger partial charge < -0.3 is 14.8 Å². The van der Waals surface area contributed by atoms with Crippen LogP contribution in [0.15, 0.2) is 47.8 Å². The van der Waals surface area contributed by atoms with Gasteiger partial charge in [-0.15, -0.1) is 0 Å². The summed E-state index contributed by atoms with van der Waals surface area (Å²) in [7, 11) is 0. The molecule has 1 N–H and O–H groups in total. The topological polar surface area (TPSA) is 64.6 Å². The molecule has 1 aliphatic heterocycles. The van der Waals surface area contributed by atoms with Crippen LogP contribution in [0.3, 0.4) is 0 Å². The molecule has 5 heteroatoms. The number of carbonyl (C=O) groups excluding carboxylic acids is 2. The van der Waals surface area contributed by atoms with E-state index in [0.717, 1.165) is 43.4 Å². The summed E-state index contributed by atoms with van der Waals surface area (Å²) in [6, 6.07) is 7.71. The van der Waals surface area contributed by atoms with Crippen LogP contribution >= 0.6 is 0 Å². The summed E-state index contributed by atoms with van der Waals surface area (Å²) in [4.78, 5) is 26.8. The highest BCUT2D eigenvalue weighted by molar-refractivity contribution is 6.01. The molecule has 0 bridgehead atoms. The summed E-state index contributed by atoms with van der Waals surface area (Å²) >= 11 is 0. The van der Waals surface area contributed by atoms with Crippen molar-refractivity contribution in [2.45, 2.75) is 71.3 Å². The Labute approximate surface area is 184 Å². The lowest BCUT2D eigenvalue weighted by molar-refractivity contribution is -0.153. The Bertz CT molecular complexity index is 923. The Morgan fingerprint density at radius 1 is 1.19 bits per heavy atom. The van der Waals surface area contributed by atoms with E-state index in [1.807, 2.05) is 31.2 Å². The second-order valence-electron chi connectivity index (χ2n) is 9.75. The Morgan fingerprint density at radius 2 is 1.90 bits per heavy atom. The number of esters is 1. The molecule has 1 heterocycles. The van der Waals surface area contributed by atoms with Gasteiger partial charge in [-0.25, -0.2) is 0 Å². The van der Waals surface area contributed by atoms with Crippen LogP contribution in [0.2, 0.25) is 0 Å². The van der Waals surface area contributed by atoms with Crippen molar-refractivity contribution in [3.8, 4) is 5.75 Å². The molecule has 4 rings (SSSR count).